The number of nitrogens with two attached hydrogens (primary N) is 1. The maximum Gasteiger partial charge on any atom is 0.245 e. The van der Waals surface area contributed by atoms with Crippen molar-refractivity contribution in [2.75, 3.05) is 26.3 Å². The maximum atomic E-state index is 11.0. The van der Waals surface area contributed by atoms with Crippen molar-refractivity contribution in [2.24, 2.45) is 5.73 Å². The molecule has 0 unspecified atom stereocenters. The van der Waals surface area contributed by atoms with Crippen LogP contribution in [0.1, 0.15) is 32.6 Å². The van der Waals surface area contributed by atoms with Crippen molar-refractivity contribution < 1.29 is 9.53 Å². The third-order valence-corrected chi connectivity index (χ3v) is 1.80. The molecule has 14 heavy (non-hydrogen) atoms. The third kappa shape index (κ3) is 9.48. The Balaban J connectivity index is 3.07. The van der Waals surface area contributed by atoms with Gasteiger partial charge in [-0.15, -0.1) is 0 Å². The van der Waals surface area contributed by atoms with Crippen LogP contribution in [0.5, 0.6) is 0 Å². The zero-order valence-electron chi connectivity index (χ0n) is 9.05. The highest BCUT2D eigenvalue weighted by atomic mass is 16.5. The van der Waals surface area contributed by atoms with Gasteiger partial charge in [-0.3, -0.25) is 4.79 Å². The van der Waals surface area contributed by atoms with E-state index >= 15 is 0 Å². The van der Waals surface area contributed by atoms with E-state index in [0.29, 0.717) is 6.61 Å². The quantitative estimate of drug-likeness (QED) is 0.540. The number of hydrogen-bond donors (Lipinski definition) is 2. The molecule has 1 amide bonds. The third-order valence-electron chi connectivity index (χ3n) is 1.80. The van der Waals surface area contributed by atoms with Crippen LogP contribution in [-0.2, 0) is 9.53 Å². The monoisotopic (exact) mass is 202 g/mol. The van der Waals surface area contributed by atoms with E-state index in [1.54, 1.807) is 0 Å². The molecule has 0 saturated carbocycles. The lowest BCUT2D eigenvalue weighted by molar-refractivity contribution is -0.125. The standard InChI is InChI=1S/C10H22N2O2/c1-2-7-12-10(13)9-14-8-5-3-4-6-11/h2-9,11H2,1H3,(H,12,13). The smallest absolute Gasteiger partial charge is 0.245 e. The van der Waals surface area contributed by atoms with Gasteiger partial charge in [-0.05, 0) is 32.2 Å². The number of carbonyl (C=O) groups is 1. The number of ether oxygens (including phenoxy) is 1. The van der Waals surface area contributed by atoms with E-state index in [1.165, 1.54) is 0 Å². The molecule has 0 fully saturated rings. The minimum atomic E-state index is -0.0225. The van der Waals surface area contributed by atoms with Crippen molar-refractivity contribution in [1.29, 1.82) is 0 Å². The molecule has 0 atom stereocenters. The Hall–Kier alpha value is -0.610. The van der Waals surface area contributed by atoms with Gasteiger partial charge < -0.3 is 15.8 Å². The van der Waals surface area contributed by atoms with Gasteiger partial charge in [0.05, 0.1) is 0 Å². The van der Waals surface area contributed by atoms with Crippen molar-refractivity contribution in [3.8, 4) is 0 Å². The molecule has 0 aromatic heterocycles. The van der Waals surface area contributed by atoms with Crippen LogP contribution in [0, 0.1) is 0 Å². The van der Waals surface area contributed by atoms with Gasteiger partial charge in [0.2, 0.25) is 5.91 Å². The molecule has 0 aliphatic heterocycles. The Labute approximate surface area is 86.2 Å². The van der Waals surface area contributed by atoms with Crippen LogP contribution in [-0.4, -0.2) is 32.2 Å². The molecular formula is C10H22N2O2. The van der Waals surface area contributed by atoms with Crippen molar-refractivity contribution in [3.63, 3.8) is 0 Å². The van der Waals surface area contributed by atoms with Gasteiger partial charge in [0.1, 0.15) is 6.61 Å². The highest BCUT2D eigenvalue weighted by Gasteiger charge is 1.98. The van der Waals surface area contributed by atoms with Crippen LogP contribution in [0.15, 0.2) is 0 Å². The molecule has 84 valence electrons. The van der Waals surface area contributed by atoms with E-state index in [2.05, 4.69) is 5.32 Å². The highest BCUT2D eigenvalue weighted by molar-refractivity contribution is 5.77. The first-order valence-corrected chi connectivity index (χ1v) is 5.35. The molecule has 0 aliphatic carbocycles. The van der Waals surface area contributed by atoms with Crippen LogP contribution >= 0.6 is 0 Å². The Morgan fingerprint density at radius 1 is 1.36 bits per heavy atom. The second-order valence-electron chi connectivity index (χ2n) is 3.25. The summed E-state index contributed by atoms with van der Waals surface area (Å²) in [5.41, 5.74) is 5.34. The molecule has 4 nitrogen and oxygen atoms in total. The predicted octanol–water partition coefficient (Wildman–Crippen LogP) is 0.658. The normalized spacial score (nSPS) is 10.1. The van der Waals surface area contributed by atoms with Crippen LogP contribution in [0.3, 0.4) is 0 Å². The first kappa shape index (κ1) is 13.4. The summed E-state index contributed by atoms with van der Waals surface area (Å²) in [7, 11) is 0. The second-order valence-corrected chi connectivity index (χ2v) is 3.25. The van der Waals surface area contributed by atoms with Gasteiger partial charge >= 0.3 is 0 Å². The molecule has 4 heteroatoms. The average molecular weight is 202 g/mol. The summed E-state index contributed by atoms with van der Waals surface area (Å²) in [5.74, 6) is -0.0225. The van der Waals surface area contributed by atoms with Crippen LogP contribution in [0.25, 0.3) is 0 Å². The van der Waals surface area contributed by atoms with Crippen molar-refractivity contribution >= 4 is 5.91 Å². The topological polar surface area (TPSA) is 64.3 Å². The fraction of sp³-hybridized carbons (Fsp3) is 0.900. The van der Waals surface area contributed by atoms with Gasteiger partial charge in [0, 0.05) is 13.2 Å². The summed E-state index contributed by atoms with van der Waals surface area (Å²) < 4.78 is 5.19. The highest BCUT2D eigenvalue weighted by Crippen LogP contribution is 1.93. The van der Waals surface area contributed by atoms with Gasteiger partial charge in [-0.2, -0.15) is 0 Å². The number of hydrogen-bond acceptors (Lipinski definition) is 3. The van der Waals surface area contributed by atoms with Crippen LogP contribution in [0.2, 0.25) is 0 Å². The largest absolute Gasteiger partial charge is 0.372 e. The number of unbranched alkanes of at least 4 members (excludes halogenated alkanes) is 2. The minimum absolute atomic E-state index is 0.0225. The van der Waals surface area contributed by atoms with E-state index < -0.39 is 0 Å². The lowest BCUT2D eigenvalue weighted by Gasteiger charge is -2.04. The summed E-state index contributed by atoms with van der Waals surface area (Å²) in [4.78, 5) is 11.0. The molecule has 0 aromatic carbocycles. The lowest BCUT2D eigenvalue weighted by Crippen LogP contribution is -2.28. The zero-order chi connectivity index (χ0) is 10.6. The SMILES string of the molecule is CCCNC(=O)COCCCCCN. The zero-order valence-corrected chi connectivity index (χ0v) is 9.05. The van der Waals surface area contributed by atoms with E-state index in [0.717, 1.165) is 38.8 Å². The van der Waals surface area contributed by atoms with Crippen molar-refractivity contribution in [2.45, 2.75) is 32.6 Å². The Morgan fingerprint density at radius 3 is 2.79 bits per heavy atom. The van der Waals surface area contributed by atoms with Gasteiger partial charge in [-0.25, -0.2) is 0 Å². The molecule has 0 spiro atoms. The molecule has 0 saturated heterocycles. The van der Waals surface area contributed by atoms with Crippen molar-refractivity contribution in [1.82, 2.24) is 5.32 Å². The van der Waals surface area contributed by atoms with E-state index in [4.69, 9.17) is 10.5 Å². The van der Waals surface area contributed by atoms with Crippen LogP contribution in [0.4, 0.5) is 0 Å². The molecule has 0 aliphatic rings. The number of nitrogens with one attached hydrogen (secondary N) is 1. The number of carbonyl (C=O) groups excluding carboxylic acids is 1. The molecule has 3 N–H and O–H groups in total. The lowest BCUT2D eigenvalue weighted by atomic mass is 10.2. The van der Waals surface area contributed by atoms with Gasteiger partial charge in [0.25, 0.3) is 0 Å². The molecular weight excluding hydrogens is 180 g/mol. The Morgan fingerprint density at radius 2 is 2.14 bits per heavy atom. The summed E-state index contributed by atoms with van der Waals surface area (Å²) in [6.45, 7) is 4.32. The van der Waals surface area contributed by atoms with E-state index in [1.807, 2.05) is 6.92 Å². The van der Waals surface area contributed by atoms with E-state index in [-0.39, 0.29) is 12.5 Å². The number of amides is 1. The fourth-order valence-corrected chi connectivity index (χ4v) is 1.01. The van der Waals surface area contributed by atoms with Gasteiger partial charge in [-0.1, -0.05) is 6.92 Å². The molecule has 0 radical (unpaired) electrons. The molecule has 0 bridgehead atoms. The fourth-order valence-electron chi connectivity index (χ4n) is 1.01. The minimum Gasteiger partial charge on any atom is -0.372 e. The average Bonchev–Trinajstić information content (AvgIpc) is 2.20. The molecule has 0 rings (SSSR count). The summed E-state index contributed by atoms with van der Waals surface area (Å²) in [6, 6.07) is 0. The summed E-state index contributed by atoms with van der Waals surface area (Å²) in [6.07, 6.45) is 4.05. The van der Waals surface area contributed by atoms with Gasteiger partial charge in [0.15, 0.2) is 0 Å². The van der Waals surface area contributed by atoms with E-state index in [9.17, 15) is 4.79 Å². The predicted molar refractivity (Wildman–Crippen MR) is 57.0 cm³/mol. The first-order valence-electron chi connectivity index (χ1n) is 5.35. The Bertz CT molecular complexity index is 140. The Kier molecular flexibility index (Phi) is 10.0. The first-order chi connectivity index (χ1) is 6.81. The summed E-state index contributed by atoms with van der Waals surface area (Å²) >= 11 is 0. The molecule has 0 aromatic rings. The maximum absolute atomic E-state index is 11.0. The van der Waals surface area contributed by atoms with Crippen molar-refractivity contribution in [3.05, 3.63) is 0 Å². The second kappa shape index (κ2) is 10.5. The van der Waals surface area contributed by atoms with Crippen LogP contribution < -0.4 is 11.1 Å². The molecule has 0 heterocycles. The summed E-state index contributed by atoms with van der Waals surface area (Å²) in [5, 5.41) is 2.75. The number of rotatable bonds is 9.